The highest BCUT2D eigenvalue weighted by atomic mass is 16.5. The van der Waals surface area contributed by atoms with Gasteiger partial charge in [-0.2, -0.15) is 5.10 Å². The van der Waals surface area contributed by atoms with Gasteiger partial charge in [0.15, 0.2) is 5.78 Å². The Morgan fingerprint density at radius 1 is 0.944 bits per heavy atom. The van der Waals surface area contributed by atoms with E-state index in [9.17, 15) is 9.59 Å². The summed E-state index contributed by atoms with van der Waals surface area (Å²) < 4.78 is 10.8. The number of nitrogens with zero attached hydrogens (tertiary/aromatic N) is 3. The van der Waals surface area contributed by atoms with Gasteiger partial charge in [0.05, 0.1) is 13.7 Å². The number of ether oxygens (including phenoxy) is 2. The van der Waals surface area contributed by atoms with Crippen LogP contribution in [0.1, 0.15) is 34.3 Å². The molecule has 0 bridgehead atoms. The van der Waals surface area contributed by atoms with Crippen molar-refractivity contribution in [2.24, 2.45) is 11.0 Å². The van der Waals surface area contributed by atoms with Gasteiger partial charge >= 0.3 is 5.97 Å². The van der Waals surface area contributed by atoms with Gasteiger partial charge in [0, 0.05) is 17.2 Å². The molecule has 4 atom stereocenters. The SMILES string of the molecule is CCOC(=O)[C@@H]1[C@@H](c2ccccc2)[C@@H](C(=O)c2ccc(OC)cc2)N2N=CN(c3ccc(C)cc3)[C@H]12. The van der Waals surface area contributed by atoms with E-state index in [-0.39, 0.29) is 18.4 Å². The van der Waals surface area contributed by atoms with Crippen LogP contribution in [0.25, 0.3) is 0 Å². The molecule has 0 saturated carbocycles. The number of anilines is 1. The smallest absolute Gasteiger partial charge is 0.313 e. The third kappa shape index (κ3) is 4.11. The van der Waals surface area contributed by atoms with Gasteiger partial charge in [-0.25, -0.2) is 0 Å². The number of hydrazone groups is 1. The molecule has 3 aromatic rings. The number of rotatable bonds is 7. The zero-order chi connectivity index (χ0) is 25.2. The van der Waals surface area contributed by atoms with Crippen LogP contribution in [0.5, 0.6) is 5.75 Å². The van der Waals surface area contributed by atoms with Crippen LogP contribution >= 0.6 is 0 Å². The van der Waals surface area contributed by atoms with Crippen molar-refractivity contribution >= 4 is 23.8 Å². The molecule has 2 heterocycles. The maximum absolute atomic E-state index is 14.1. The largest absolute Gasteiger partial charge is 0.497 e. The quantitative estimate of drug-likeness (QED) is 0.361. The Balaban J connectivity index is 1.63. The summed E-state index contributed by atoms with van der Waals surface area (Å²) in [5.74, 6) is -0.858. The van der Waals surface area contributed by atoms with Gasteiger partial charge in [-0.3, -0.25) is 14.6 Å². The van der Waals surface area contributed by atoms with Crippen LogP contribution in [0.15, 0.2) is 84.0 Å². The molecular formula is C29H29N3O4. The molecule has 2 aliphatic heterocycles. The summed E-state index contributed by atoms with van der Waals surface area (Å²) in [6, 6.07) is 24.1. The van der Waals surface area contributed by atoms with Crippen LogP contribution in [0.3, 0.4) is 0 Å². The number of fused-ring (bicyclic) bond motifs is 1. The molecule has 1 saturated heterocycles. The van der Waals surface area contributed by atoms with Gasteiger partial charge < -0.3 is 14.4 Å². The van der Waals surface area contributed by atoms with Gasteiger partial charge in [0.2, 0.25) is 0 Å². The van der Waals surface area contributed by atoms with E-state index in [2.05, 4.69) is 5.10 Å². The zero-order valence-electron chi connectivity index (χ0n) is 20.6. The Hall–Kier alpha value is -4.13. The van der Waals surface area contributed by atoms with Crippen molar-refractivity contribution in [2.75, 3.05) is 18.6 Å². The van der Waals surface area contributed by atoms with E-state index in [4.69, 9.17) is 9.47 Å². The molecule has 2 aliphatic rings. The van der Waals surface area contributed by atoms with Crippen molar-refractivity contribution in [1.29, 1.82) is 0 Å². The van der Waals surface area contributed by atoms with Gasteiger partial charge in [-0.05, 0) is 55.8 Å². The van der Waals surface area contributed by atoms with Crippen LogP contribution in [-0.4, -0.2) is 49.0 Å². The fourth-order valence-electron chi connectivity index (χ4n) is 5.22. The standard InChI is InChI=1S/C29H29N3O4/c1-4-36-29(34)25-24(20-8-6-5-7-9-20)26(27(33)21-12-16-23(35-3)17-13-21)32-28(25)31(18-30-32)22-14-10-19(2)11-15-22/h5-18,24-26,28H,4H2,1-3H3/t24-,25-,26+,28+/m1/s1. The lowest BCUT2D eigenvalue weighted by Crippen LogP contribution is -2.45. The minimum absolute atomic E-state index is 0.105. The van der Waals surface area contributed by atoms with Crippen LogP contribution < -0.4 is 9.64 Å². The van der Waals surface area contributed by atoms with Gasteiger partial charge in [0.1, 0.15) is 30.2 Å². The summed E-state index contributed by atoms with van der Waals surface area (Å²) in [6.07, 6.45) is 1.21. The number of hydrogen-bond donors (Lipinski definition) is 0. The van der Waals surface area contributed by atoms with E-state index in [1.165, 1.54) is 0 Å². The van der Waals surface area contributed by atoms with Crippen LogP contribution in [0.2, 0.25) is 0 Å². The molecule has 0 spiro atoms. The van der Waals surface area contributed by atoms with Gasteiger partial charge in [-0.15, -0.1) is 0 Å². The molecule has 0 radical (unpaired) electrons. The maximum atomic E-state index is 14.1. The first kappa shape index (κ1) is 23.6. The third-order valence-electron chi connectivity index (χ3n) is 6.92. The van der Waals surface area contributed by atoms with Crippen LogP contribution in [0.4, 0.5) is 5.69 Å². The summed E-state index contributed by atoms with van der Waals surface area (Å²) in [4.78, 5) is 29.6. The Bertz CT molecular complexity index is 1260. The van der Waals surface area contributed by atoms with E-state index in [1.807, 2.05) is 66.4 Å². The molecule has 184 valence electrons. The number of hydrogen-bond acceptors (Lipinski definition) is 7. The molecule has 0 unspecified atom stereocenters. The Kier molecular flexibility index (Phi) is 6.46. The fraction of sp³-hybridized carbons (Fsp3) is 0.276. The number of carbonyl (C=O) groups is 2. The molecule has 36 heavy (non-hydrogen) atoms. The molecule has 1 fully saturated rings. The molecule has 5 rings (SSSR count). The van der Waals surface area contributed by atoms with E-state index in [1.54, 1.807) is 49.6 Å². The second-order valence-electron chi connectivity index (χ2n) is 9.02. The highest BCUT2D eigenvalue weighted by Crippen LogP contribution is 2.48. The molecule has 3 aromatic carbocycles. The number of Topliss-reactive ketones (excluding diaryl/α,β-unsaturated/α-hetero) is 1. The maximum Gasteiger partial charge on any atom is 0.313 e. The average Bonchev–Trinajstić information content (AvgIpc) is 3.48. The minimum atomic E-state index is -0.688. The van der Waals surface area contributed by atoms with Crippen LogP contribution in [0, 0.1) is 12.8 Å². The normalized spacial score (nSPS) is 22.4. The number of aryl methyl sites for hydroxylation is 1. The fourth-order valence-corrected chi connectivity index (χ4v) is 5.22. The van der Waals surface area contributed by atoms with Crippen molar-refractivity contribution in [1.82, 2.24) is 5.01 Å². The molecule has 0 aromatic heterocycles. The first-order valence-electron chi connectivity index (χ1n) is 12.1. The van der Waals surface area contributed by atoms with Crippen molar-refractivity contribution in [3.63, 3.8) is 0 Å². The Morgan fingerprint density at radius 3 is 2.28 bits per heavy atom. The van der Waals surface area contributed by atoms with Gasteiger partial charge in [-0.1, -0.05) is 48.0 Å². The zero-order valence-corrected chi connectivity index (χ0v) is 20.6. The summed E-state index contributed by atoms with van der Waals surface area (Å²) >= 11 is 0. The molecule has 7 nitrogen and oxygen atoms in total. The lowest BCUT2D eigenvalue weighted by Gasteiger charge is -2.29. The third-order valence-corrected chi connectivity index (χ3v) is 6.92. The molecule has 7 heteroatoms. The second-order valence-corrected chi connectivity index (χ2v) is 9.02. The number of esters is 1. The highest BCUT2D eigenvalue weighted by Gasteiger charge is 2.59. The first-order valence-corrected chi connectivity index (χ1v) is 12.1. The predicted molar refractivity (Wildman–Crippen MR) is 138 cm³/mol. The molecular weight excluding hydrogens is 454 g/mol. The van der Waals surface area contributed by atoms with E-state index in [0.717, 1.165) is 16.8 Å². The average molecular weight is 484 g/mol. The monoisotopic (exact) mass is 483 g/mol. The van der Waals surface area contributed by atoms with E-state index in [0.29, 0.717) is 11.3 Å². The number of carbonyl (C=O) groups excluding carboxylic acids is 2. The van der Waals surface area contributed by atoms with Crippen LogP contribution in [-0.2, 0) is 9.53 Å². The molecule has 0 aliphatic carbocycles. The molecule has 0 amide bonds. The summed E-state index contributed by atoms with van der Waals surface area (Å²) in [5, 5.41) is 6.47. The molecule has 0 N–H and O–H groups in total. The summed E-state index contributed by atoms with van der Waals surface area (Å²) in [6.45, 7) is 4.08. The second kappa shape index (κ2) is 9.85. The number of ketones is 1. The Labute approximate surface area is 210 Å². The predicted octanol–water partition coefficient (Wildman–Crippen LogP) is 4.62. The topological polar surface area (TPSA) is 71.4 Å². The van der Waals surface area contributed by atoms with Crippen molar-refractivity contribution in [3.05, 3.63) is 95.6 Å². The number of methoxy groups -OCH3 is 1. The lowest BCUT2D eigenvalue weighted by molar-refractivity contribution is -0.149. The van der Waals surface area contributed by atoms with Crippen molar-refractivity contribution < 1.29 is 19.1 Å². The highest BCUT2D eigenvalue weighted by molar-refractivity contribution is 6.02. The van der Waals surface area contributed by atoms with Crippen molar-refractivity contribution in [3.8, 4) is 5.75 Å². The summed E-state index contributed by atoms with van der Waals surface area (Å²) in [5.41, 5.74) is 3.47. The van der Waals surface area contributed by atoms with E-state index >= 15 is 0 Å². The lowest BCUT2D eigenvalue weighted by atomic mass is 9.80. The first-order chi connectivity index (χ1) is 17.5. The summed E-state index contributed by atoms with van der Waals surface area (Å²) in [7, 11) is 1.59. The number of benzene rings is 3. The van der Waals surface area contributed by atoms with E-state index < -0.39 is 24.0 Å². The van der Waals surface area contributed by atoms with Crippen molar-refractivity contribution in [2.45, 2.75) is 32.0 Å². The Morgan fingerprint density at radius 2 is 1.64 bits per heavy atom. The van der Waals surface area contributed by atoms with Gasteiger partial charge in [0.25, 0.3) is 0 Å². The minimum Gasteiger partial charge on any atom is -0.497 e.